The van der Waals surface area contributed by atoms with Gasteiger partial charge in [0, 0.05) is 23.6 Å². The lowest BCUT2D eigenvalue weighted by molar-refractivity contribution is -0.0985. The summed E-state index contributed by atoms with van der Waals surface area (Å²) in [6, 6.07) is 9.45. The number of fused-ring (bicyclic) bond motifs is 8. The first kappa shape index (κ1) is 34.5. The van der Waals surface area contributed by atoms with E-state index in [-0.39, 0.29) is 35.7 Å². The summed E-state index contributed by atoms with van der Waals surface area (Å²) < 4.78 is 5.61. The van der Waals surface area contributed by atoms with E-state index in [2.05, 4.69) is 37.4 Å². The average molecular weight is 671 g/mol. The fourth-order valence-corrected chi connectivity index (χ4v) is 11.5. The largest absolute Gasteiger partial charge is 0.461 e. The number of carbonyl (C=O) groups is 2. The van der Waals surface area contributed by atoms with E-state index in [0.717, 1.165) is 48.1 Å². The molecule has 6 bridgehead atoms. The highest BCUT2D eigenvalue weighted by molar-refractivity contribution is 6.08. The topological polar surface area (TPSA) is 103 Å². The van der Waals surface area contributed by atoms with Crippen molar-refractivity contribution in [2.75, 3.05) is 13.1 Å². The van der Waals surface area contributed by atoms with Crippen LogP contribution in [0.2, 0.25) is 0 Å². The highest BCUT2D eigenvalue weighted by atomic mass is 16.3. The van der Waals surface area contributed by atoms with Gasteiger partial charge in [0.15, 0.2) is 5.76 Å². The second-order valence-electron chi connectivity index (χ2n) is 17.6. The Hall–Kier alpha value is -2.90. The molecule has 9 rings (SSSR count). The number of amides is 2. The molecule has 5 saturated carbocycles. The van der Waals surface area contributed by atoms with Crippen LogP contribution in [0.3, 0.4) is 0 Å². The van der Waals surface area contributed by atoms with E-state index in [1.54, 1.807) is 12.1 Å². The second-order valence-corrected chi connectivity index (χ2v) is 17.6. The van der Waals surface area contributed by atoms with Crippen molar-refractivity contribution in [2.45, 2.75) is 135 Å². The Bertz CT molecular complexity index is 1530. The summed E-state index contributed by atoms with van der Waals surface area (Å²) in [5, 5.41) is 27.2. The van der Waals surface area contributed by atoms with Crippen LogP contribution in [0.1, 0.15) is 138 Å². The number of carbonyl (C=O) groups excluding carboxylic acids is 2. The first-order valence-corrected chi connectivity index (χ1v) is 19.2. The lowest BCUT2D eigenvalue weighted by Crippen LogP contribution is -2.59. The Morgan fingerprint density at radius 3 is 2.39 bits per heavy atom. The number of allylic oxidation sites excluding steroid dienone is 2. The summed E-state index contributed by atoms with van der Waals surface area (Å²) in [6.07, 6.45) is 15.7. The second kappa shape index (κ2) is 13.3. The van der Waals surface area contributed by atoms with E-state index >= 15 is 0 Å². The molecule has 4 atom stereocenters. The minimum absolute atomic E-state index is 0.00240. The number of ketones is 1. The molecule has 4 unspecified atom stereocenters. The van der Waals surface area contributed by atoms with E-state index in [4.69, 9.17) is 4.42 Å². The number of hydrogen-bond acceptors (Lipinski definition) is 5. The molecule has 0 spiro atoms. The first-order chi connectivity index (χ1) is 23.4. The molecule has 266 valence electrons. The van der Waals surface area contributed by atoms with Gasteiger partial charge in [0.1, 0.15) is 0 Å². The van der Waals surface area contributed by atoms with Crippen LogP contribution in [0, 0.1) is 28.6 Å². The molecule has 3 N–H and O–H groups in total. The first-order valence-electron chi connectivity index (χ1n) is 19.2. The Labute approximate surface area is 292 Å². The van der Waals surface area contributed by atoms with E-state index in [0.29, 0.717) is 43.6 Å². The lowest BCUT2D eigenvalue weighted by atomic mass is 9.49. The Morgan fingerprint density at radius 2 is 1.73 bits per heavy atom. The van der Waals surface area contributed by atoms with Crippen LogP contribution in [0.5, 0.6) is 0 Å². The Balaban J connectivity index is 1.27. The summed E-state index contributed by atoms with van der Waals surface area (Å²) in [7, 11) is 0. The van der Waals surface area contributed by atoms with E-state index in [9.17, 15) is 19.8 Å². The number of benzene rings is 1. The SMILES string of the molecule is CC1=CCCC2(C)C(CCC2(O)CN(CC23CC4CC(CC(C4)C2)C3)C(=O)NC(C)C)c2ccc(cc2C(=O)c2ccco2)CC(O)CC1. The minimum Gasteiger partial charge on any atom is -0.461 e. The molecule has 2 aromatic rings. The van der Waals surface area contributed by atoms with Crippen molar-refractivity contribution >= 4 is 11.8 Å². The van der Waals surface area contributed by atoms with E-state index in [1.807, 2.05) is 24.8 Å². The highest BCUT2D eigenvalue weighted by Crippen LogP contribution is 2.62. The normalized spacial score (nSPS) is 35.6. The number of furan rings is 1. The minimum atomic E-state index is -1.15. The monoisotopic (exact) mass is 670 g/mol. The third-order valence-corrected chi connectivity index (χ3v) is 13.5. The summed E-state index contributed by atoms with van der Waals surface area (Å²) in [5.74, 6) is 2.36. The number of rotatable bonds is 7. The standard InChI is InChI=1S/C42H58N2O5/c1-27(2)43-39(47)44(25-41-22-30-17-31(23-41)19-32(18-30)24-41)26-42(48)15-13-36-34-12-10-29(21-35(34)38(46)37-8-6-16-49-37)20-33(45)11-9-28(3)7-5-14-40(36,42)4/h6-8,10,12,16,21,27,30-33,36,45,48H,5,9,11,13-15,17-20,22-26H2,1-4H3,(H,43,47). The third kappa shape index (κ3) is 6.79. The van der Waals surface area contributed by atoms with Crippen molar-refractivity contribution in [2.24, 2.45) is 28.6 Å². The zero-order chi connectivity index (χ0) is 34.6. The molecule has 0 saturated heterocycles. The Morgan fingerprint density at radius 1 is 1.02 bits per heavy atom. The summed E-state index contributed by atoms with van der Waals surface area (Å²) in [4.78, 5) is 30.2. The smallest absolute Gasteiger partial charge is 0.317 e. The molecule has 1 aromatic carbocycles. The van der Waals surface area contributed by atoms with E-state index in [1.165, 1.54) is 50.4 Å². The molecular formula is C42H58N2O5. The van der Waals surface area contributed by atoms with Gasteiger partial charge in [0.2, 0.25) is 5.78 Å². The van der Waals surface area contributed by atoms with Crippen molar-refractivity contribution < 1.29 is 24.2 Å². The van der Waals surface area contributed by atoms with Gasteiger partial charge in [0.05, 0.1) is 24.5 Å². The molecule has 7 heteroatoms. The number of aliphatic hydroxyl groups excluding tert-OH is 1. The predicted molar refractivity (Wildman–Crippen MR) is 191 cm³/mol. The summed E-state index contributed by atoms with van der Waals surface area (Å²) in [5.41, 5.74) is 2.08. The van der Waals surface area contributed by atoms with Gasteiger partial charge in [-0.2, -0.15) is 0 Å². The maximum absolute atomic E-state index is 14.1. The average Bonchev–Trinajstić information content (AvgIpc) is 3.65. The number of aliphatic hydroxyl groups is 2. The number of nitrogens with one attached hydrogen (secondary N) is 1. The van der Waals surface area contributed by atoms with Crippen molar-refractivity contribution in [3.63, 3.8) is 0 Å². The van der Waals surface area contributed by atoms with Crippen LogP contribution >= 0.6 is 0 Å². The quantitative estimate of drug-likeness (QED) is 0.204. The molecule has 0 radical (unpaired) electrons. The fraction of sp³-hybridized carbons (Fsp3) is 0.667. The molecule has 7 aliphatic carbocycles. The molecular weight excluding hydrogens is 612 g/mol. The van der Waals surface area contributed by atoms with Crippen molar-refractivity contribution in [3.05, 3.63) is 70.7 Å². The molecule has 49 heavy (non-hydrogen) atoms. The lowest BCUT2D eigenvalue weighted by Gasteiger charge is -2.58. The van der Waals surface area contributed by atoms with Crippen LogP contribution < -0.4 is 5.32 Å². The maximum atomic E-state index is 14.1. The van der Waals surface area contributed by atoms with Crippen molar-refractivity contribution in [3.8, 4) is 0 Å². The highest BCUT2D eigenvalue weighted by Gasteiger charge is 2.59. The van der Waals surface area contributed by atoms with Gasteiger partial charge in [-0.05, 0) is 163 Å². The molecule has 7 nitrogen and oxygen atoms in total. The number of nitrogens with zero attached hydrogens (tertiary/aromatic N) is 1. The Kier molecular flexibility index (Phi) is 9.40. The van der Waals surface area contributed by atoms with E-state index < -0.39 is 17.1 Å². The summed E-state index contributed by atoms with van der Waals surface area (Å²) in [6.45, 7) is 9.35. The van der Waals surface area contributed by atoms with Crippen LogP contribution in [-0.4, -0.2) is 57.8 Å². The fourth-order valence-electron chi connectivity index (χ4n) is 11.5. The molecule has 0 aliphatic heterocycles. The zero-order valence-corrected chi connectivity index (χ0v) is 30.2. The van der Waals surface area contributed by atoms with Crippen LogP contribution in [0.4, 0.5) is 4.79 Å². The molecule has 7 aliphatic rings. The van der Waals surface area contributed by atoms with Crippen molar-refractivity contribution in [1.82, 2.24) is 10.2 Å². The third-order valence-electron chi connectivity index (χ3n) is 13.5. The predicted octanol–water partition coefficient (Wildman–Crippen LogP) is 8.19. The number of urea groups is 1. The van der Waals surface area contributed by atoms with Crippen LogP contribution in [0.25, 0.3) is 0 Å². The summed E-state index contributed by atoms with van der Waals surface area (Å²) >= 11 is 0. The van der Waals surface area contributed by atoms with Gasteiger partial charge in [0.25, 0.3) is 0 Å². The maximum Gasteiger partial charge on any atom is 0.317 e. The number of hydrogen-bond donors (Lipinski definition) is 3. The van der Waals surface area contributed by atoms with Gasteiger partial charge in [-0.3, -0.25) is 4.79 Å². The molecule has 5 fully saturated rings. The molecule has 1 aromatic heterocycles. The zero-order valence-electron chi connectivity index (χ0n) is 30.2. The van der Waals surface area contributed by atoms with Crippen LogP contribution in [0.15, 0.2) is 52.7 Å². The van der Waals surface area contributed by atoms with Gasteiger partial charge in [-0.25, -0.2) is 4.79 Å². The van der Waals surface area contributed by atoms with Crippen molar-refractivity contribution in [1.29, 1.82) is 0 Å². The van der Waals surface area contributed by atoms with Gasteiger partial charge in [-0.1, -0.05) is 30.7 Å². The van der Waals surface area contributed by atoms with Gasteiger partial charge < -0.3 is 24.8 Å². The molecule has 1 heterocycles. The van der Waals surface area contributed by atoms with Gasteiger partial charge in [-0.15, -0.1) is 0 Å². The van der Waals surface area contributed by atoms with Gasteiger partial charge >= 0.3 is 6.03 Å². The molecule has 2 amide bonds. The van der Waals surface area contributed by atoms with Crippen LogP contribution in [-0.2, 0) is 6.42 Å².